The third kappa shape index (κ3) is 7.96. The summed E-state index contributed by atoms with van der Waals surface area (Å²) in [5, 5.41) is 5.66. The standard InChI is InChI=1S/C23H18Cl3IN2O3S/c1-31-21-10-15(11-28-29-22(30)13-33-17-5-3-16(24)4-6-17)9-20(27)23(21)32-12-14-2-7-18(25)19(26)8-14/h2-11H,12-13H2,1H3,(H,29,30)/b28-11-. The zero-order chi connectivity index (χ0) is 23.8. The molecule has 33 heavy (non-hydrogen) atoms. The highest BCUT2D eigenvalue weighted by molar-refractivity contribution is 14.1. The van der Waals surface area contributed by atoms with Crippen LogP contribution in [0.3, 0.4) is 0 Å². The molecule has 0 fully saturated rings. The number of carbonyl (C=O) groups is 1. The van der Waals surface area contributed by atoms with Crippen LogP contribution >= 0.6 is 69.2 Å². The van der Waals surface area contributed by atoms with Crippen LogP contribution in [0.1, 0.15) is 11.1 Å². The number of benzene rings is 3. The van der Waals surface area contributed by atoms with E-state index in [2.05, 4.69) is 33.1 Å². The number of amides is 1. The van der Waals surface area contributed by atoms with Gasteiger partial charge in [-0.2, -0.15) is 5.10 Å². The minimum absolute atomic E-state index is 0.213. The Morgan fingerprint density at radius 2 is 1.85 bits per heavy atom. The Morgan fingerprint density at radius 3 is 2.55 bits per heavy atom. The molecule has 0 spiro atoms. The summed E-state index contributed by atoms with van der Waals surface area (Å²) in [6, 6.07) is 16.3. The fraction of sp³-hybridized carbons (Fsp3) is 0.130. The molecule has 3 aromatic rings. The van der Waals surface area contributed by atoms with Crippen molar-refractivity contribution in [2.75, 3.05) is 12.9 Å². The molecule has 1 amide bonds. The molecule has 0 saturated heterocycles. The van der Waals surface area contributed by atoms with Gasteiger partial charge < -0.3 is 9.47 Å². The van der Waals surface area contributed by atoms with Crippen LogP contribution in [0.4, 0.5) is 0 Å². The molecule has 3 rings (SSSR count). The Morgan fingerprint density at radius 1 is 1.09 bits per heavy atom. The number of halogens is 4. The van der Waals surface area contributed by atoms with Crippen molar-refractivity contribution in [3.05, 3.63) is 84.4 Å². The number of methoxy groups -OCH3 is 1. The van der Waals surface area contributed by atoms with Gasteiger partial charge in [0.2, 0.25) is 5.91 Å². The van der Waals surface area contributed by atoms with Crippen molar-refractivity contribution in [1.82, 2.24) is 5.43 Å². The zero-order valence-electron chi connectivity index (χ0n) is 17.3. The number of hydrazone groups is 1. The smallest absolute Gasteiger partial charge is 0.250 e. The SMILES string of the molecule is COc1cc(/C=N\NC(=O)CSc2ccc(Cl)cc2)cc(I)c1OCc1ccc(Cl)c(Cl)c1. The normalized spacial score (nSPS) is 10.9. The molecule has 0 saturated carbocycles. The van der Waals surface area contributed by atoms with E-state index < -0.39 is 0 Å². The van der Waals surface area contributed by atoms with Crippen LogP contribution in [-0.2, 0) is 11.4 Å². The predicted octanol–water partition coefficient (Wildman–Crippen LogP) is 7.08. The maximum Gasteiger partial charge on any atom is 0.250 e. The summed E-state index contributed by atoms with van der Waals surface area (Å²) in [5.41, 5.74) is 4.16. The van der Waals surface area contributed by atoms with Gasteiger partial charge in [-0.1, -0.05) is 40.9 Å². The van der Waals surface area contributed by atoms with Crippen LogP contribution in [0.2, 0.25) is 15.1 Å². The second-order valence-corrected chi connectivity index (χ2v) is 10.1. The van der Waals surface area contributed by atoms with Crippen LogP contribution in [0.5, 0.6) is 11.5 Å². The first kappa shape index (κ1) is 26.0. The molecule has 0 aliphatic rings. The van der Waals surface area contributed by atoms with E-state index in [1.807, 2.05) is 24.3 Å². The van der Waals surface area contributed by atoms with Gasteiger partial charge in [-0.3, -0.25) is 4.79 Å². The Hall–Kier alpha value is -1.65. The van der Waals surface area contributed by atoms with Crippen molar-refractivity contribution in [2.45, 2.75) is 11.5 Å². The van der Waals surface area contributed by atoms with Crippen molar-refractivity contribution < 1.29 is 14.3 Å². The van der Waals surface area contributed by atoms with E-state index >= 15 is 0 Å². The Bertz CT molecular complexity index is 1160. The highest BCUT2D eigenvalue weighted by Gasteiger charge is 2.12. The summed E-state index contributed by atoms with van der Waals surface area (Å²) in [6.45, 7) is 0.304. The Labute approximate surface area is 224 Å². The summed E-state index contributed by atoms with van der Waals surface area (Å²) in [7, 11) is 1.56. The molecule has 3 aromatic carbocycles. The lowest BCUT2D eigenvalue weighted by atomic mass is 10.2. The van der Waals surface area contributed by atoms with Gasteiger partial charge in [-0.05, 0) is 82.2 Å². The van der Waals surface area contributed by atoms with Gasteiger partial charge in [0, 0.05) is 9.92 Å². The first-order chi connectivity index (χ1) is 15.9. The molecular formula is C23H18Cl3IN2O3S. The lowest BCUT2D eigenvalue weighted by Crippen LogP contribution is -2.19. The molecule has 0 aliphatic heterocycles. The molecular weight excluding hydrogens is 618 g/mol. The molecule has 0 aliphatic carbocycles. The molecule has 1 N–H and O–H groups in total. The largest absolute Gasteiger partial charge is 0.493 e. The molecule has 0 unspecified atom stereocenters. The van der Waals surface area contributed by atoms with Crippen LogP contribution in [0, 0.1) is 3.57 Å². The predicted molar refractivity (Wildman–Crippen MR) is 144 cm³/mol. The molecule has 5 nitrogen and oxygen atoms in total. The molecule has 10 heteroatoms. The van der Waals surface area contributed by atoms with Gasteiger partial charge in [0.05, 0.1) is 32.7 Å². The molecule has 0 heterocycles. The fourth-order valence-electron chi connectivity index (χ4n) is 2.63. The van der Waals surface area contributed by atoms with Crippen LogP contribution in [-0.4, -0.2) is 25.0 Å². The summed E-state index contributed by atoms with van der Waals surface area (Å²) in [6.07, 6.45) is 1.55. The number of thioether (sulfide) groups is 1. The zero-order valence-corrected chi connectivity index (χ0v) is 22.5. The van der Waals surface area contributed by atoms with Gasteiger partial charge in [-0.15, -0.1) is 11.8 Å². The van der Waals surface area contributed by atoms with E-state index in [9.17, 15) is 4.79 Å². The molecule has 0 atom stereocenters. The quantitative estimate of drug-likeness (QED) is 0.118. The summed E-state index contributed by atoms with van der Waals surface area (Å²) >= 11 is 21.5. The van der Waals surface area contributed by atoms with E-state index in [1.54, 1.807) is 43.7 Å². The topological polar surface area (TPSA) is 59.9 Å². The summed E-state index contributed by atoms with van der Waals surface area (Å²) < 4.78 is 12.3. The third-order valence-electron chi connectivity index (χ3n) is 4.21. The summed E-state index contributed by atoms with van der Waals surface area (Å²) in [5.74, 6) is 1.17. The van der Waals surface area contributed by atoms with Gasteiger partial charge in [-0.25, -0.2) is 5.43 Å². The van der Waals surface area contributed by atoms with E-state index in [0.29, 0.717) is 33.2 Å². The highest BCUT2D eigenvalue weighted by atomic mass is 127. The second kappa shape index (κ2) is 12.7. The fourth-order valence-corrected chi connectivity index (χ4v) is 4.55. The minimum Gasteiger partial charge on any atom is -0.493 e. The van der Waals surface area contributed by atoms with E-state index in [0.717, 1.165) is 19.6 Å². The maximum absolute atomic E-state index is 12.0. The molecule has 0 aromatic heterocycles. The van der Waals surface area contributed by atoms with Crippen LogP contribution in [0.15, 0.2) is 64.6 Å². The lowest BCUT2D eigenvalue weighted by Gasteiger charge is -2.14. The Balaban J connectivity index is 1.58. The molecule has 0 radical (unpaired) electrons. The van der Waals surface area contributed by atoms with Crippen molar-refractivity contribution in [2.24, 2.45) is 5.10 Å². The highest BCUT2D eigenvalue weighted by Crippen LogP contribution is 2.34. The second-order valence-electron chi connectivity index (χ2n) is 6.61. The van der Waals surface area contributed by atoms with Gasteiger partial charge in [0.15, 0.2) is 11.5 Å². The van der Waals surface area contributed by atoms with E-state index in [1.165, 1.54) is 11.8 Å². The number of hydrogen-bond donors (Lipinski definition) is 1. The number of ether oxygens (including phenoxy) is 2. The van der Waals surface area contributed by atoms with Crippen molar-refractivity contribution in [3.63, 3.8) is 0 Å². The van der Waals surface area contributed by atoms with Crippen molar-refractivity contribution in [1.29, 1.82) is 0 Å². The average molecular weight is 636 g/mol. The van der Waals surface area contributed by atoms with E-state index in [-0.39, 0.29) is 11.7 Å². The van der Waals surface area contributed by atoms with E-state index in [4.69, 9.17) is 44.3 Å². The van der Waals surface area contributed by atoms with Gasteiger partial charge >= 0.3 is 0 Å². The number of carbonyl (C=O) groups excluding carboxylic acids is 1. The van der Waals surface area contributed by atoms with Crippen LogP contribution in [0.25, 0.3) is 0 Å². The van der Waals surface area contributed by atoms with Crippen molar-refractivity contribution in [3.8, 4) is 11.5 Å². The average Bonchev–Trinajstić information content (AvgIpc) is 2.80. The number of nitrogens with one attached hydrogen (secondary N) is 1. The summed E-state index contributed by atoms with van der Waals surface area (Å²) in [4.78, 5) is 13.0. The number of nitrogens with zero attached hydrogens (tertiary/aromatic N) is 1. The number of hydrogen-bond acceptors (Lipinski definition) is 5. The van der Waals surface area contributed by atoms with Crippen LogP contribution < -0.4 is 14.9 Å². The van der Waals surface area contributed by atoms with Crippen molar-refractivity contribution >= 4 is 81.3 Å². The minimum atomic E-state index is -0.213. The lowest BCUT2D eigenvalue weighted by molar-refractivity contribution is -0.118. The van der Waals surface area contributed by atoms with Gasteiger partial charge in [0.1, 0.15) is 6.61 Å². The number of rotatable bonds is 9. The molecule has 172 valence electrons. The molecule has 0 bridgehead atoms. The first-order valence-electron chi connectivity index (χ1n) is 9.50. The third-order valence-corrected chi connectivity index (χ3v) is 7.01. The maximum atomic E-state index is 12.0. The van der Waals surface area contributed by atoms with Gasteiger partial charge in [0.25, 0.3) is 0 Å². The Kier molecular flexibility index (Phi) is 10.0. The monoisotopic (exact) mass is 634 g/mol. The first-order valence-corrected chi connectivity index (χ1v) is 12.7.